The summed E-state index contributed by atoms with van der Waals surface area (Å²) in [6.07, 6.45) is 5.55. The number of rotatable bonds is 7. The molecular weight excluding hydrogens is 276 g/mol. The van der Waals surface area contributed by atoms with Crippen molar-refractivity contribution in [2.45, 2.75) is 69.2 Å². The zero-order chi connectivity index (χ0) is 15.9. The lowest BCUT2D eigenvalue weighted by Gasteiger charge is -2.31. The van der Waals surface area contributed by atoms with Crippen molar-refractivity contribution in [2.24, 2.45) is 17.4 Å². The van der Waals surface area contributed by atoms with Crippen molar-refractivity contribution in [2.75, 3.05) is 0 Å². The van der Waals surface area contributed by atoms with Gasteiger partial charge in [0.15, 0.2) is 0 Å². The van der Waals surface area contributed by atoms with Crippen LogP contribution < -0.4 is 11.5 Å². The second kappa shape index (κ2) is 8.63. The molecule has 0 amide bonds. The number of aliphatic hydroxyl groups excluding tert-OH is 2. The first-order chi connectivity index (χ1) is 10.6. The zero-order valence-electron chi connectivity index (χ0n) is 13.3. The second-order valence-corrected chi connectivity index (χ2v) is 6.74. The van der Waals surface area contributed by atoms with Crippen LogP contribution >= 0.6 is 0 Å². The fourth-order valence-electron chi connectivity index (χ4n) is 3.46. The summed E-state index contributed by atoms with van der Waals surface area (Å²) < 4.78 is 0. The standard InChI is InChI=1S/C18H30N2O2/c19-15(11-13-7-3-1-4-8-13)17(21)18(22)16(20)12-14-9-5-2-6-10-14/h1,3-4,7-8,14-18,21-22H,2,5-6,9-12,19-20H2/t15-,16-,17?,18?/m0/s1. The van der Waals surface area contributed by atoms with E-state index in [1.807, 2.05) is 30.3 Å². The maximum Gasteiger partial charge on any atom is 0.0968 e. The van der Waals surface area contributed by atoms with Crippen molar-refractivity contribution < 1.29 is 10.2 Å². The summed E-state index contributed by atoms with van der Waals surface area (Å²) in [5.41, 5.74) is 13.2. The van der Waals surface area contributed by atoms with Crippen LogP contribution in [0, 0.1) is 5.92 Å². The van der Waals surface area contributed by atoms with E-state index in [4.69, 9.17) is 11.5 Å². The lowest BCUT2D eigenvalue weighted by atomic mass is 9.82. The average molecular weight is 306 g/mol. The first-order valence-electron chi connectivity index (χ1n) is 8.49. The Bertz CT molecular complexity index is 420. The minimum absolute atomic E-state index is 0.403. The fourth-order valence-corrected chi connectivity index (χ4v) is 3.46. The lowest BCUT2D eigenvalue weighted by Crippen LogP contribution is -2.52. The number of nitrogens with two attached hydrogens (primary N) is 2. The van der Waals surface area contributed by atoms with Gasteiger partial charge in [-0.15, -0.1) is 0 Å². The van der Waals surface area contributed by atoms with Gasteiger partial charge in [0, 0.05) is 12.1 Å². The number of hydrogen-bond donors (Lipinski definition) is 4. The molecule has 1 fully saturated rings. The van der Waals surface area contributed by atoms with E-state index in [1.54, 1.807) is 0 Å². The van der Waals surface area contributed by atoms with Gasteiger partial charge in [-0.25, -0.2) is 0 Å². The third-order valence-electron chi connectivity index (χ3n) is 4.87. The van der Waals surface area contributed by atoms with E-state index in [1.165, 1.54) is 32.1 Å². The summed E-state index contributed by atoms with van der Waals surface area (Å²) in [4.78, 5) is 0. The van der Waals surface area contributed by atoms with Gasteiger partial charge >= 0.3 is 0 Å². The van der Waals surface area contributed by atoms with Gasteiger partial charge in [-0.1, -0.05) is 62.4 Å². The monoisotopic (exact) mass is 306 g/mol. The Morgan fingerprint density at radius 2 is 1.50 bits per heavy atom. The highest BCUT2D eigenvalue weighted by Gasteiger charge is 2.30. The number of benzene rings is 1. The summed E-state index contributed by atoms with van der Waals surface area (Å²) in [5, 5.41) is 20.6. The van der Waals surface area contributed by atoms with Crippen LogP contribution in [-0.4, -0.2) is 34.5 Å². The highest BCUT2D eigenvalue weighted by atomic mass is 16.3. The highest BCUT2D eigenvalue weighted by Crippen LogP contribution is 2.28. The molecule has 4 heteroatoms. The minimum atomic E-state index is -0.987. The zero-order valence-corrected chi connectivity index (χ0v) is 13.3. The van der Waals surface area contributed by atoms with Crippen molar-refractivity contribution in [3.8, 4) is 0 Å². The predicted octanol–water partition coefficient (Wildman–Crippen LogP) is 1.58. The Hall–Kier alpha value is -0.940. The highest BCUT2D eigenvalue weighted by molar-refractivity contribution is 5.16. The van der Waals surface area contributed by atoms with Gasteiger partial charge in [0.25, 0.3) is 0 Å². The van der Waals surface area contributed by atoms with E-state index in [-0.39, 0.29) is 0 Å². The van der Waals surface area contributed by atoms with Crippen LogP contribution in [-0.2, 0) is 6.42 Å². The molecule has 0 aliphatic heterocycles. The van der Waals surface area contributed by atoms with Crippen LogP contribution in [0.15, 0.2) is 30.3 Å². The van der Waals surface area contributed by atoms with Crippen molar-refractivity contribution in [1.29, 1.82) is 0 Å². The van der Waals surface area contributed by atoms with Gasteiger partial charge in [0.1, 0.15) is 0 Å². The largest absolute Gasteiger partial charge is 0.389 e. The summed E-state index contributed by atoms with van der Waals surface area (Å²) in [5.74, 6) is 0.580. The van der Waals surface area contributed by atoms with Crippen molar-refractivity contribution in [3.63, 3.8) is 0 Å². The first-order valence-corrected chi connectivity index (χ1v) is 8.49. The smallest absolute Gasteiger partial charge is 0.0968 e. The average Bonchev–Trinajstić information content (AvgIpc) is 2.55. The normalized spacial score (nSPS) is 22.0. The quantitative estimate of drug-likeness (QED) is 0.615. The summed E-state index contributed by atoms with van der Waals surface area (Å²) in [6.45, 7) is 0. The molecular formula is C18H30N2O2. The van der Waals surface area contributed by atoms with Crippen molar-refractivity contribution in [3.05, 3.63) is 35.9 Å². The number of aliphatic hydroxyl groups is 2. The Balaban J connectivity index is 1.82. The van der Waals surface area contributed by atoms with Crippen molar-refractivity contribution in [1.82, 2.24) is 0 Å². The van der Waals surface area contributed by atoms with Gasteiger partial charge in [0.2, 0.25) is 0 Å². The van der Waals surface area contributed by atoms with Gasteiger partial charge in [-0.2, -0.15) is 0 Å². The van der Waals surface area contributed by atoms with Gasteiger partial charge < -0.3 is 21.7 Å². The number of hydrogen-bond acceptors (Lipinski definition) is 4. The molecule has 0 saturated heterocycles. The molecule has 0 bridgehead atoms. The van der Waals surface area contributed by atoms with Gasteiger partial charge in [0.05, 0.1) is 12.2 Å². The Kier molecular flexibility index (Phi) is 6.83. The Morgan fingerprint density at radius 1 is 0.909 bits per heavy atom. The van der Waals surface area contributed by atoms with Crippen LogP contribution in [0.3, 0.4) is 0 Å². The molecule has 2 rings (SSSR count). The molecule has 1 saturated carbocycles. The third-order valence-corrected chi connectivity index (χ3v) is 4.87. The molecule has 22 heavy (non-hydrogen) atoms. The molecule has 0 radical (unpaired) electrons. The van der Waals surface area contributed by atoms with Crippen LogP contribution in [0.25, 0.3) is 0 Å². The minimum Gasteiger partial charge on any atom is -0.389 e. The van der Waals surface area contributed by atoms with E-state index in [0.29, 0.717) is 12.3 Å². The predicted molar refractivity (Wildman–Crippen MR) is 89.3 cm³/mol. The molecule has 0 aromatic heterocycles. The topological polar surface area (TPSA) is 92.5 Å². The molecule has 1 aromatic carbocycles. The third kappa shape index (κ3) is 5.06. The molecule has 4 atom stereocenters. The van der Waals surface area contributed by atoms with Crippen LogP contribution in [0.1, 0.15) is 44.1 Å². The van der Waals surface area contributed by atoms with E-state index in [9.17, 15) is 10.2 Å². The van der Waals surface area contributed by atoms with E-state index in [0.717, 1.165) is 12.0 Å². The first kappa shape index (κ1) is 17.4. The fraction of sp³-hybridized carbons (Fsp3) is 0.667. The molecule has 4 nitrogen and oxygen atoms in total. The summed E-state index contributed by atoms with van der Waals surface area (Å²) in [6, 6.07) is 8.87. The lowest BCUT2D eigenvalue weighted by molar-refractivity contribution is -0.0148. The SMILES string of the molecule is N[C@@H](Cc1ccccc1)C(O)C(O)[C@@H](N)CC1CCCCC1. The second-order valence-electron chi connectivity index (χ2n) is 6.74. The molecule has 2 unspecified atom stereocenters. The molecule has 6 N–H and O–H groups in total. The summed E-state index contributed by atoms with van der Waals surface area (Å²) in [7, 11) is 0. The Labute approximate surface area is 133 Å². The van der Waals surface area contributed by atoms with Crippen LogP contribution in [0.4, 0.5) is 0 Å². The molecule has 0 heterocycles. The maximum absolute atomic E-state index is 10.3. The molecule has 0 spiro atoms. The van der Waals surface area contributed by atoms with Crippen molar-refractivity contribution >= 4 is 0 Å². The van der Waals surface area contributed by atoms with Crippen LogP contribution in [0.5, 0.6) is 0 Å². The summed E-state index contributed by atoms with van der Waals surface area (Å²) >= 11 is 0. The van der Waals surface area contributed by atoms with E-state index in [2.05, 4.69) is 0 Å². The van der Waals surface area contributed by atoms with Gasteiger partial charge in [-0.05, 0) is 24.3 Å². The Morgan fingerprint density at radius 3 is 2.14 bits per heavy atom. The van der Waals surface area contributed by atoms with Crippen LogP contribution in [0.2, 0.25) is 0 Å². The molecule has 1 aromatic rings. The van der Waals surface area contributed by atoms with Gasteiger partial charge in [-0.3, -0.25) is 0 Å². The molecule has 1 aliphatic rings. The van der Waals surface area contributed by atoms with E-state index < -0.39 is 24.3 Å². The molecule has 124 valence electrons. The van der Waals surface area contributed by atoms with E-state index >= 15 is 0 Å². The maximum atomic E-state index is 10.3. The molecule has 1 aliphatic carbocycles.